The molecule has 0 spiro atoms. The zero-order valence-corrected chi connectivity index (χ0v) is 7.12. The second-order valence-electron chi connectivity index (χ2n) is 2.07. The van der Waals surface area contributed by atoms with Crippen LogP contribution in [0.15, 0.2) is 11.6 Å². The first-order chi connectivity index (χ1) is 4.91. The van der Waals surface area contributed by atoms with Gasteiger partial charge in [-0.15, -0.1) is 0 Å². The van der Waals surface area contributed by atoms with E-state index in [0.29, 0.717) is 0 Å². The van der Waals surface area contributed by atoms with Crippen molar-refractivity contribution >= 4 is 11.6 Å². The summed E-state index contributed by atoms with van der Waals surface area (Å²) in [5, 5.41) is 0. The minimum Gasteiger partial charge on any atom is -0.0985 e. The summed E-state index contributed by atoms with van der Waals surface area (Å²) < 4.78 is 0. The minimum absolute atomic E-state index is 0.995. The molecule has 1 heteroatoms. The molecule has 0 amide bonds. The van der Waals surface area contributed by atoms with Crippen molar-refractivity contribution in [2.75, 3.05) is 0 Å². The topological polar surface area (TPSA) is 0 Å². The smallest absolute Gasteiger partial charge is 0.0126 e. The van der Waals surface area contributed by atoms with Gasteiger partial charge < -0.3 is 0 Å². The molecular weight excluding hydrogens is 144 g/mol. The second kappa shape index (κ2) is 8.59. The number of hydrogen-bond donors (Lipinski definition) is 0. The first kappa shape index (κ1) is 9.59. The van der Waals surface area contributed by atoms with Crippen molar-refractivity contribution in [1.29, 1.82) is 0 Å². The Balaban J connectivity index is 3.12. The number of allylic oxidation sites excluding steroid dienone is 1. The molecule has 0 bridgehead atoms. The molecule has 0 aliphatic heterocycles. The lowest BCUT2D eigenvalue weighted by Crippen LogP contribution is -1.69. The van der Waals surface area contributed by atoms with Crippen molar-refractivity contribution in [3.63, 3.8) is 0 Å². The predicted octanol–water partition coefficient (Wildman–Crippen LogP) is 3.32. The van der Waals surface area contributed by atoms with Crippen LogP contribution in [0.3, 0.4) is 0 Å². The SMILES string of the molecule is CCCCCC#C/C=C\Cl. The van der Waals surface area contributed by atoms with Gasteiger partial charge in [0, 0.05) is 12.0 Å². The Morgan fingerprint density at radius 3 is 2.80 bits per heavy atom. The van der Waals surface area contributed by atoms with Gasteiger partial charge in [0.25, 0.3) is 0 Å². The average Bonchev–Trinajstić information content (AvgIpc) is 1.97. The Bertz CT molecular complexity index is 137. The first-order valence-corrected chi connectivity index (χ1v) is 4.09. The highest BCUT2D eigenvalue weighted by Gasteiger charge is 1.78. The average molecular weight is 157 g/mol. The van der Waals surface area contributed by atoms with Crippen LogP contribution in [-0.2, 0) is 0 Å². The summed E-state index contributed by atoms with van der Waals surface area (Å²) in [6.07, 6.45) is 6.40. The van der Waals surface area contributed by atoms with Crippen molar-refractivity contribution in [3.8, 4) is 11.8 Å². The lowest BCUT2D eigenvalue weighted by Gasteiger charge is -1.86. The van der Waals surface area contributed by atoms with Crippen molar-refractivity contribution in [2.24, 2.45) is 0 Å². The number of unbranched alkanes of at least 4 members (excludes halogenated alkanes) is 3. The highest BCUT2D eigenvalue weighted by molar-refractivity contribution is 6.25. The van der Waals surface area contributed by atoms with Crippen LogP contribution in [0.25, 0.3) is 0 Å². The van der Waals surface area contributed by atoms with Crippen LogP contribution < -0.4 is 0 Å². The van der Waals surface area contributed by atoms with Gasteiger partial charge in [0.15, 0.2) is 0 Å². The fourth-order valence-electron chi connectivity index (χ4n) is 0.626. The van der Waals surface area contributed by atoms with Crippen molar-refractivity contribution in [2.45, 2.75) is 32.6 Å². The third-order valence-electron chi connectivity index (χ3n) is 1.15. The maximum Gasteiger partial charge on any atom is 0.0126 e. The van der Waals surface area contributed by atoms with E-state index in [-0.39, 0.29) is 0 Å². The molecule has 0 radical (unpaired) electrons. The molecule has 0 aliphatic rings. The largest absolute Gasteiger partial charge is 0.0985 e. The summed E-state index contributed by atoms with van der Waals surface area (Å²) in [5.41, 5.74) is 1.44. The van der Waals surface area contributed by atoms with Gasteiger partial charge in [-0.25, -0.2) is 0 Å². The third-order valence-corrected chi connectivity index (χ3v) is 1.28. The molecule has 0 N–H and O–H groups in total. The van der Waals surface area contributed by atoms with Crippen LogP contribution in [0.2, 0.25) is 0 Å². The second-order valence-corrected chi connectivity index (χ2v) is 2.32. The van der Waals surface area contributed by atoms with Crippen LogP contribution in [0, 0.1) is 11.8 Å². The normalized spacial score (nSPS) is 9.40. The predicted molar refractivity (Wildman–Crippen MR) is 46.9 cm³/mol. The Morgan fingerprint density at radius 1 is 1.40 bits per heavy atom. The molecule has 10 heavy (non-hydrogen) atoms. The molecule has 0 aliphatic carbocycles. The summed E-state index contributed by atoms with van der Waals surface area (Å²) in [5.74, 6) is 5.83. The Hall–Kier alpha value is -0.410. The zero-order valence-electron chi connectivity index (χ0n) is 6.36. The van der Waals surface area contributed by atoms with E-state index in [1.54, 1.807) is 6.08 Å². The number of halogens is 1. The van der Waals surface area contributed by atoms with Crippen LogP contribution in [0.1, 0.15) is 32.6 Å². The molecule has 56 valence electrons. The monoisotopic (exact) mass is 156 g/mol. The van der Waals surface area contributed by atoms with Gasteiger partial charge in [-0.05, 0) is 12.5 Å². The molecule has 0 unspecified atom stereocenters. The zero-order chi connectivity index (χ0) is 7.66. The molecule has 0 fully saturated rings. The van der Waals surface area contributed by atoms with E-state index in [2.05, 4.69) is 18.8 Å². The molecule has 0 aromatic rings. The fraction of sp³-hybridized carbons (Fsp3) is 0.556. The van der Waals surface area contributed by atoms with E-state index in [9.17, 15) is 0 Å². The number of hydrogen-bond acceptors (Lipinski definition) is 0. The van der Waals surface area contributed by atoms with Gasteiger partial charge in [0.1, 0.15) is 0 Å². The van der Waals surface area contributed by atoms with Gasteiger partial charge in [-0.2, -0.15) is 0 Å². The Kier molecular flexibility index (Phi) is 8.24. The fourth-order valence-corrected chi connectivity index (χ4v) is 0.689. The van der Waals surface area contributed by atoms with Gasteiger partial charge in [0.05, 0.1) is 0 Å². The van der Waals surface area contributed by atoms with Gasteiger partial charge in [-0.3, -0.25) is 0 Å². The molecule has 0 saturated heterocycles. The van der Waals surface area contributed by atoms with Crippen LogP contribution in [-0.4, -0.2) is 0 Å². The summed E-state index contributed by atoms with van der Waals surface area (Å²) >= 11 is 5.26. The van der Waals surface area contributed by atoms with Crippen LogP contribution in [0.5, 0.6) is 0 Å². The van der Waals surface area contributed by atoms with E-state index >= 15 is 0 Å². The van der Waals surface area contributed by atoms with Crippen molar-refractivity contribution in [1.82, 2.24) is 0 Å². The first-order valence-electron chi connectivity index (χ1n) is 3.65. The maximum atomic E-state index is 5.26. The molecule has 0 aromatic carbocycles. The summed E-state index contributed by atoms with van der Waals surface area (Å²) in [6, 6.07) is 0. The minimum atomic E-state index is 0.995. The molecule has 0 heterocycles. The van der Waals surface area contributed by atoms with Crippen molar-refractivity contribution < 1.29 is 0 Å². The quantitative estimate of drug-likeness (QED) is 0.435. The van der Waals surface area contributed by atoms with Gasteiger partial charge in [0.2, 0.25) is 0 Å². The maximum absolute atomic E-state index is 5.26. The van der Waals surface area contributed by atoms with E-state index in [0.717, 1.165) is 6.42 Å². The molecule has 0 nitrogen and oxygen atoms in total. The van der Waals surface area contributed by atoms with Crippen LogP contribution >= 0.6 is 11.6 Å². The van der Waals surface area contributed by atoms with E-state index in [4.69, 9.17) is 11.6 Å². The third kappa shape index (κ3) is 7.59. The van der Waals surface area contributed by atoms with Gasteiger partial charge in [-0.1, -0.05) is 43.2 Å². The van der Waals surface area contributed by atoms with Crippen molar-refractivity contribution in [3.05, 3.63) is 11.6 Å². The van der Waals surface area contributed by atoms with E-state index in [1.807, 2.05) is 0 Å². The molecule has 0 atom stereocenters. The summed E-state index contributed by atoms with van der Waals surface area (Å²) in [4.78, 5) is 0. The molecule has 0 rings (SSSR count). The lowest BCUT2D eigenvalue weighted by atomic mass is 10.2. The standard InChI is InChI=1S/C9H13Cl/c1-2-3-4-5-6-7-8-9-10/h8-9H,2-5H2,1H3/b9-8-. The summed E-state index contributed by atoms with van der Waals surface area (Å²) in [7, 11) is 0. The molecule has 0 saturated carbocycles. The molecule has 0 aromatic heterocycles. The highest BCUT2D eigenvalue weighted by atomic mass is 35.5. The van der Waals surface area contributed by atoms with Crippen LogP contribution in [0.4, 0.5) is 0 Å². The van der Waals surface area contributed by atoms with E-state index in [1.165, 1.54) is 24.8 Å². The summed E-state index contributed by atoms with van der Waals surface area (Å²) in [6.45, 7) is 2.19. The highest BCUT2D eigenvalue weighted by Crippen LogP contribution is 1.96. The van der Waals surface area contributed by atoms with E-state index < -0.39 is 0 Å². The molecular formula is C9H13Cl. The van der Waals surface area contributed by atoms with Gasteiger partial charge >= 0.3 is 0 Å². The number of rotatable bonds is 3. The lowest BCUT2D eigenvalue weighted by molar-refractivity contribution is 0.737. The Labute approximate surface area is 68.3 Å². The Morgan fingerprint density at radius 2 is 2.20 bits per heavy atom.